The predicted molar refractivity (Wildman–Crippen MR) is 77.4 cm³/mol. The van der Waals surface area contributed by atoms with Crippen LogP contribution < -0.4 is 0 Å². The molecule has 1 aliphatic carbocycles. The van der Waals surface area contributed by atoms with Gasteiger partial charge in [0.05, 0.1) is 0 Å². The summed E-state index contributed by atoms with van der Waals surface area (Å²) in [4.78, 5) is 0. The van der Waals surface area contributed by atoms with Crippen LogP contribution in [0, 0.1) is 11.8 Å². The maximum absolute atomic E-state index is 12.9. The van der Waals surface area contributed by atoms with Crippen molar-refractivity contribution in [1.29, 1.82) is 0 Å². The molecule has 2 aliphatic heterocycles. The first kappa shape index (κ1) is 14.8. The van der Waals surface area contributed by atoms with E-state index in [1.54, 1.807) is 8.61 Å². The lowest BCUT2D eigenvalue weighted by molar-refractivity contribution is 0.157. The maximum atomic E-state index is 12.9. The zero-order valence-corrected chi connectivity index (χ0v) is 12.9. The minimum Gasteiger partial charge on any atom is -0.396 e. The molecule has 0 radical (unpaired) electrons. The van der Waals surface area contributed by atoms with Crippen molar-refractivity contribution in [3.63, 3.8) is 0 Å². The van der Waals surface area contributed by atoms with E-state index in [0.29, 0.717) is 25.6 Å². The van der Waals surface area contributed by atoms with Gasteiger partial charge >= 0.3 is 0 Å². The monoisotopic (exact) mass is 302 g/mol. The van der Waals surface area contributed by atoms with Crippen LogP contribution in [-0.4, -0.2) is 54.4 Å². The van der Waals surface area contributed by atoms with Crippen LogP contribution in [0.25, 0.3) is 0 Å². The van der Waals surface area contributed by atoms with Gasteiger partial charge in [0.15, 0.2) is 0 Å². The van der Waals surface area contributed by atoms with Gasteiger partial charge in [-0.3, -0.25) is 0 Å². The van der Waals surface area contributed by atoms with Crippen LogP contribution >= 0.6 is 0 Å². The number of aliphatic hydroxyl groups is 1. The first-order valence-corrected chi connectivity index (χ1v) is 9.40. The number of piperidine rings is 1. The van der Waals surface area contributed by atoms with E-state index in [9.17, 15) is 13.5 Å². The highest BCUT2D eigenvalue weighted by Crippen LogP contribution is 2.38. The normalized spacial score (nSPS) is 37.0. The number of fused-ring (bicyclic) bond motifs is 1. The van der Waals surface area contributed by atoms with Crippen molar-refractivity contribution in [1.82, 2.24) is 8.61 Å². The minimum atomic E-state index is -3.32. The van der Waals surface area contributed by atoms with E-state index in [4.69, 9.17) is 0 Å². The van der Waals surface area contributed by atoms with Crippen molar-refractivity contribution in [2.75, 3.05) is 26.2 Å². The van der Waals surface area contributed by atoms with Crippen molar-refractivity contribution in [2.24, 2.45) is 11.8 Å². The summed E-state index contributed by atoms with van der Waals surface area (Å²) in [5.41, 5.74) is 0. The quantitative estimate of drug-likeness (QED) is 0.852. The second kappa shape index (κ2) is 5.91. The Bertz CT molecular complexity index is 440. The van der Waals surface area contributed by atoms with E-state index in [1.165, 1.54) is 12.8 Å². The molecule has 1 N–H and O–H groups in total. The summed E-state index contributed by atoms with van der Waals surface area (Å²) in [6.45, 7) is 1.90. The summed E-state index contributed by atoms with van der Waals surface area (Å²) in [5.74, 6) is 0.695. The Morgan fingerprint density at radius 3 is 2.60 bits per heavy atom. The molecule has 0 bridgehead atoms. The Morgan fingerprint density at radius 2 is 1.80 bits per heavy atom. The predicted octanol–water partition coefficient (Wildman–Crippen LogP) is 1.20. The van der Waals surface area contributed by atoms with Gasteiger partial charge in [-0.1, -0.05) is 12.8 Å². The summed E-state index contributed by atoms with van der Waals surface area (Å²) >= 11 is 0. The van der Waals surface area contributed by atoms with Gasteiger partial charge in [-0.15, -0.1) is 0 Å². The Labute approximate surface area is 122 Å². The molecule has 0 spiro atoms. The lowest BCUT2D eigenvalue weighted by atomic mass is 9.86. The van der Waals surface area contributed by atoms with Crippen LogP contribution in [0.1, 0.15) is 44.9 Å². The third kappa shape index (κ3) is 2.63. The van der Waals surface area contributed by atoms with E-state index >= 15 is 0 Å². The van der Waals surface area contributed by atoms with Crippen LogP contribution in [0.15, 0.2) is 0 Å². The van der Waals surface area contributed by atoms with Crippen molar-refractivity contribution in [3.05, 3.63) is 0 Å². The number of rotatable bonds is 3. The van der Waals surface area contributed by atoms with Crippen molar-refractivity contribution in [3.8, 4) is 0 Å². The minimum absolute atomic E-state index is 0.0953. The second-order valence-corrected chi connectivity index (χ2v) is 8.45. The fraction of sp³-hybridized carbons (Fsp3) is 1.00. The number of aliphatic hydroxyl groups excluding tert-OH is 1. The SMILES string of the molecule is O=S(=O)(N1CCCC(CO)C1)N1CCC2CCCCC21. The fourth-order valence-electron chi connectivity index (χ4n) is 4.18. The zero-order chi connectivity index (χ0) is 14.2. The summed E-state index contributed by atoms with van der Waals surface area (Å²) in [6, 6.07) is 0.239. The highest BCUT2D eigenvalue weighted by atomic mass is 32.2. The maximum Gasteiger partial charge on any atom is 0.282 e. The summed E-state index contributed by atoms with van der Waals surface area (Å²) in [5, 5.41) is 9.29. The van der Waals surface area contributed by atoms with Crippen LogP contribution in [0.2, 0.25) is 0 Å². The number of hydrogen-bond donors (Lipinski definition) is 1. The molecule has 3 rings (SSSR count). The highest BCUT2D eigenvalue weighted by Gasteiger charge is 2.44. The Hall–Kier alpha value is -0.170. The van der Waals surface area contributed by atoms with Crippen molar-refractivity contribution >= 4 is 10.2 Å². The van der Waals surface area contributed by atoms with E-state index in [2.05, 4.69) is 0 Å². The molecule has 20 heavy (non-hydrogen) atoms. The standard InChI is InChI=1S/C14H26N2O3S/c17-11-12-4-3-8-15(10-12)20(18,19)16-9-7-13-5-1-2-6-14(13)16/h12-14,17H,1-11H2. The molecule has 3 fully saturated rings. The van der Waals surface area contributed by atoms with Crippen LogP contribution in [0.4, 0.5) is 0 Å². The zero-order valence-electron chi connectivity index (χ0n) is 12.1. The van der Waals surface area contributed by atoms with Crippen LogP contribution in [0.5, 0.6) is 0 Å². The first-order valence-electron chi connectivity index (χ1n) is 8.00. The molecule has 3 unspecified atom stereocenters. The van der Waals surface area contributed by atoms with Crippen molar-refractivity contribution < 1.29 is 13.5 Å². The molecule has 116 valence electrons. The van der Waals surface area contributed by atoms with Crippen LogP contribution in [-0.2, 0) is 10.2 Å². The Kier molecular flexibility index (Phi) is 4.36. The first-order chi connectivity index (χ1) is 9.63. The Balaban J connectivity index is 1.74. The molecule has 6 heteroatoms. The summed E-state index contributed by atoms with van der Waals surface area (Å²) < 4.78 is 29.1. The van der Waals surface area contributed by atoms with E-state index in [-0.39, 0.29) is 18.6 Å². The number of hydrogen-bond acceptors (Lipinski definition) is 3. The van der Waals surface area contributed by atoms with E-state index < -0.39 is 10.2 Å². The summed E-state index contributed by atoms with van der Waals surface area (Å²) in [7, 11) is -3.32. The summed E-state index contributed by atoms with van der Waals surface area (Å²) in [6.07, 6.45) is 7.47. The van der Waals surface area contributed by atoms with Crippen LogP contribution in [0.3, 0.4) is 0 Å². The molecule has 1 saturated carbocycles. The highest BCUT2D eigenvalue weighted by molar-refractivity contribution is 7.86. The van der Waals surface area contributed by atoms with Gasteiger partial charge in [0.1, 0.15) is 0 Å². The Morgan fingerprint density at radius 1 is 1.00 bits per heavy atom. The lowest BCUT2D eigenvalue weighted by Crippen LogP contribution is -2.50. The van der Waals surface area contributed by atoms with Gasteiger partial charge in [-0.25, -0.2) is 0 Å². The number of nitrogens with zero attached hydrogens (tertiary/aromatic N) is 2. The molecule has 0 amide bonds. The molecule has 2 heterocycles. The smallest absolute Gasteiger partial charge is 0.282 e. The third-order valence-corrected chi connectivity index (χ3v) is 7.35. The second-order valence-electron chi connectivity index (χ2n) is 6.57. The fourth-order valence-corrected chi connectivity index (χ4v) is 6.19. The average molecular weight is 302 g/mol. The molecule has 5 nitrogen and oxygen atoms in total. The van der Waals surface area contributed by atoms with Gasteiger partial charge in [-0.05, 0) is 43.9 Å². The average Bonchev–Trinajstić information content (AvgIpc) is 2.92. The van der Waals surface area contributed by atoms with Gasteiger partial charge < -0.3 is 5.11 Å². The molecular weight excluding hydrogens is 276 g/mol. The molecule has 3 atom stereocenters. The molecule has 0 aromatic rings. The largest absolute Gasteiger partial charge is 0.396 e. The van der Waals surface area contributed by atoms with Gasteiger partial charge in [0.2, 0.25) is 0 Å². The molecule has 0 aromatic heterocycles. The van der Waals surface area contributed by atoms with E-state index in [0.717, 1.165) is 32.1 Å². The molecule has 3 aliphatic rings. The van der Waals surface area contributed by atoms with Gasteiger partial charge in [-0.2, -0.15) is 17.0 Å². The molecular formula is C14H26N2O3S. The molecule has 2 saturated heterocycles. The van der Waals surface area contributed by atoms with Crippen molar-refractivity contribution in [2.45, 2.75) is 51.0 Å². The lowest BCUT2D eigenvalue weighted by Gasteiger charge is -2.37. The van der Waals surface area contributed by atoms with Gasteiger partial charge in [0, 0.05) is 32.3 Å². The van der Waals surface area contributed by atoms with Gasteiger partial charge in [0.25, 0.3) is 10.2 Å². The molecule has 0 aromatic carbocycles. The van der Waals surface area contributed by atoms with E-state index in [1.807, 2.05) is 0 Å². The topological polar surface area (TPSA) is 60.9 Å². The third-order valence-electron chi connectivity index (χ3n) is 5.32.